The molecule has 0 radical (unpaired) electrons. The van der Waals surface area contributed by atoms with Gasteiger partial charge in [-0.25, -0.2) is 0 Å². The van der Waals surface area contributed by atoms with Gasteiger partial charge in [-0.1, -0.05) is 19.9 Å². The molecule has 80 valence electrons. The summed E-state index contributed by atoms with van der Waals surface area (Å²) in [6.07, 6.45) is 3.76. The van der Waals surface area contributed by atoms with Crippen LogP contribution in [0.1, 0.15) is 33.1 Å². The van der Waals surface area contributed by atoms with Crippen molar-refractivity contribution in [3.05, 3.63) is 12.7 Å². The Hall–Kier alpha value is -0.630. The molecule has 0 saturated heterocycles. The highest BCUT2D eigenvalue weighted by atomic mass is 16.3. The number of hydrogen-bond acceptors (Lipinski definition) is 2. The van der Waals surface area contributed by atoms with E-state index in [1.807, 2.05) is 6.08 Å². The van der Waals surface area contributed by atoms with E-state index in [2.05, 4.69) is 20.4 Å². The van der Waals surface area contributed by atoms with E-state index >= 15 is 0 Å². The molecule has 0 bridgehead atoms. The van der Waals surface area contributed by atoms with Crippen molar-refractivity contribution in [1.29, 1.82) is 0 Å². The van der Waals surface area contributed by atoms with Gasteiger partial charge in [0, 0.05) is 18.4 Å². The van der Waals surface area contributed by atoms with Crippen molar-refractivity contribution < 1.29 is 9.90 Å². The Morgan fingerprint density at radius 2 is 2.29 bits per heavy atom. The zero-order chi connectivity index (χ0) is 10.8. The first-order valence-electron chi connectivity index (χ1n) is 5.33. The Morgan fingerprint density at radius 1 is 1.64 bits per heavy atom. The minimum Gasteiger partial charge on any atom is -0.396 e. The molecule has 2 nitrogen and oxygen atoms in total. The third kappa shape index (κ3) is 1.63. The maximum atomic E-state index is 11.9. The van der Waals surface area contributed by atoms with E-state index in [4.69, 9.17) is 5.11 Å². The van der Waals surface area contributed by atoms with Crippen LogP contribution >= 0.6 is 0 Å². The maximum absolute atomic E-state index is 11.9. The number of Topliss-reactive ketones (excluding diaryl/α,β-unsaturated/α-hetero) is 1. The van der Waals surface area contributed by atoms with E-state index in [9.17, 15) is 4.79 Å². The Kier molecular flexibility index (Phi) is 3.48. The third-order valence-electron chi connectivity index (χ3n) is 3.85. The molecule has 1 rings (SSSR count). The number of carbonyl (C=O) groups excluding carboxylic acids is 1. The molecule has 1 aliphatic rings. The van der Waals surface area contributed by atoms with Crippen LogP contribution in [0.3, 0.4) is 0 Å². The molecule has 2 heteroatoms. The van der Waals surface area contributed by atoms with Crippen LogP contribution in [0.5, 0.6) is 0 Å². The molecule has 0 heterocycles. The highest BCUT2D eigenvalue weighted by Crippen LogP contribution is 2.48. The van der Waals surface area contributed by atoms with Gasteiger partial charge in [0.1, 0.15) is 5.78 Å². The second-order valence-electron chi connectivity index (χ2n) is 4.52. The second kappa shape index (κ2) is 4.26. The SMILES string of the molecule is C=CCC1(CCO)C(=O)CC(C)C1C. The van der Waals surface area contributed by atoms with Crippen molar-refractivity contribution in [2.75, 3.05) is 6.61 Å². The van der Waals surface area contributed by atoms with E-state index in [1.165, 1.54) is 0 Å². The van der Waals surface area contributed by atoms with E-state index in [-0.39, 0.29) is 12.0 Å². The maximum Gasteiger partial charge on any atom is 0.139 e. The standard InChI is InChI=1S/C12H20O2/c1-4-5-12(6-7-13)10(3)9(2)8-11(12)14/h4,9-10,13H,1,5-8H2,2-3H3. The lowest BCUT2D eigenvalue weighted by Crippen LogP contribution is -2.32. The first-order chi connectivity index (χ1) is 6.58. The predicted molar refractivity (Wildman–Crippen MR) is 56.9 cm³/mol. The Balaban J connectivity index is 2.93. The fourth-order valence-corrected chi connectivity index (χ4v) is 2.70. The molecule has 3 unspecified atom stereocenters. The van der Waals surface area contributed by atoms with Crippen molar-refractivity contribution in [3.8, 4) is 0 Å². The van der Waals surface area contributed by atoms with Gasteiger partial charge >= 0.3 is 0 Å². The zero-order valence-corrected chi connectivity index (χ0v) is 9.12. The summed E-state index contributed by atoms with van der Waals surface area (Å²) in [5, 5.41) is 9.05. The Labute approximate surface area is 86.0 Å². The number of rotatable bonds is 4. The zero-order valence-electron chi connectivity index (χ0n) is 9.12. The number of aliphatic hydroxyl groups is 1. The highest BCUT2D eigenvalue weighted by Gasteiger charge is 2.49. The van der Waals surface area contributed by atoms with Crippen molar-refractivity contribution >= 4 is 5.78 Å². The van der Waals surface area contributed by atoms with Gasteiger partial charge in [0.25, 0.3) is 0 Å². The number of ketones is 1. The minimum absolute atomic E-state index is 0.0939. The molecule has 0 amide bonds. The normalized spacial score (nSPS) is 37.5. The number of aliphatic hydroxyl groups excluding tert-OH is 1. The van der Waals surface area contributed by atoms with Gasteiger partial charge in [-0.05, 0) is 24.7 Å². The molecule has 1 saturated carbocycles. The van der Waals surface area contributed by atoms with Crippen LogP contribution in [0, 0.1) is 17.3 Å². The summed E-state index contributed by atoms with van der Waals surface area (Å²) in [6.45, 7) is 8.04. The van der Waals surface area contributed by atoms with Crippen molar-refractivity contribution in [2.45, 2.75) is 33.1 Å². The van der Waals surface area contributed by atoms with E-state index in [0.29, 0.717) is 36.9 Å². The lowest BCUT2D eigenvalue weighted by atomic mass is 9.71. The molecule has 1 fully saturated rings. The van der Waals surface area contributed by atoms with Gasteiger partial charge in [0.15, 0.2) is 0 Å². The van der Waals surface area contributed by atoms with Crippen LogP contribution in [0.2, 0.25) is 0 Å². The van der Waals surface area contributed by atoms with Crippen LogP contribution < -0.4 is 0 Å². The van der Waals surface area contributed by atoms with E-state index in [1.54, 1.807) is 0 Å². The minimum atomic E-state index is -0.323. The van der Waals surface area contributed by atoms with Gasteiger partial charge in [0.2, 0.25) is 0 Å². The smallest absolute Gasteiger partial charge is 0.139 e. The first-order valence-corrected chi connectivity index (χ1v) is 5.33. The van der Waals surface area contributed by atoms with Crippen molar-refractivity contribution in [2.24, 2.45) is 17.3 Å². The summed E-state index contributed by atoms with van der Waals surface area (Å²) in [7, 11) is 0. The van der Waals surface area contributed by atoms with E-state index in [0.717, 1.165) is 0 Å². The van der Waals surface area contributed by atoms with E-state index < -0.39 is 0 Å². The molecule has 14 heavy (non-hydrogen) atoms. The largest absolute Gasteiger partial charge is 0.396 e. The summed E-state index contributed by atoms with van der Waals surface area (Å²) >= 11 is 0. The summed E-state index contributed by atoms with van der Waals surface area (Å²) in [6, 6.07) is 0. The molecule has 0 aliphatic heterocycles. The molecule has 0 aromatic heterocycles. The average molecular weight is 196 g/mol. The summed E-state index contributed by atoms with van der Waals surface area (Å²) in [5.41, 5.74) is -0.323. The number of allylic oxidation sites excluding steroid dienone is 1. The predicted octanol–water partition coefficient (Wildman–Crippen LogP) is 2.18. The summed E-state index contributed by atoms with van der Waals surface area (Å²) < 4.78 is 0. The molecule has 3 atom stereocenters. The summed E-state index contributed by atoms with van der Waals surface area (Å²) in [4.78, 5) is 11.9. The molecule has 0 spiro atoms. The molecule has 1 N–H and O–H groups in total. The van der Waals surface area contributed by atoms with Crippen LogP contribution in [-0.4, -0.2) is 17.5 Å². The van der Waals surface area contributed by atoms with Gasteiger partial charge in [-0.2, -0.15) is 0 Å². The third-order valence-corrected chi connectivity index (χ3v) is 3.85. The monoisotopic (exact) mass is 196 g/mol. The van der Waals surface area contributed by atoms with Crippen molar-refractivity contribution in [1.82, 2.24) is 0 Å². The fourth-order valence-electron chi connectivity index (χ4n) is 2.70. The van der Waals surface area contributed by atoms with Gasteiger partial charge in [0.05, 0.1) is 0 Å². The Bertz CT molecular complexity index is 234. The van der Waals surface area contributed by atoms with Crippen LogP contribution in [0.25, 0.3) is 0 Å². The Morgan fingerprint density at radius 3 is 2.64 bits per heavy atom. The summed E-state index contributed by atoms with van der Waals surface area (Å²) in [5.74, 6) is 1.11. The molecule has 0 aromatic rings. The van der Waals surface area contributed by atoms with Crippen LogP contribution in [0.4, 0.5) is 0 Å². The van der Waals surface area contributed by atoms with Gasteiger partial charge < -0.3 is 5.11 Å². The molecule has 1 aliphatic carbocycles. The first kappa shape index (κ1) is 11.4. The fraction of sp³-hybridized carbons (Fsp3) is 0.750. The highest BCUT2D eigenvalue weighted by molar-refractivity contribution is 5.87. The number of hydrogen-bond donors (Lipinski definition) is 1. The topological polar surface area (TPSA) is 37.3 Å². The van der Waals surface area contributed by atoms with Crippen molar-refractivity contribution in [3.63, 3.8) is 0 Å². The van der Waals surface area contributed by atoms with Gasteiger partial charge in [-0.3, -0.25) is 4.79 Å². The number of carbonyl (C=O) groups is 1. The lowest BCUT2D eigenvalue weighted by molar-refractivity contribution is -0.127. The molecular formula is C12H20O2. The quantitative estimate of drug-likeness (QED) is 0.700. The molecular weight excluding hydrogens is 176 g/mol. The average Bonchev–Trinajstić information content (AvgIpc) is 2.33. The van der Waals surface area contributed by atoms with Crippen LogP contribution in [-0.2, 0) is 4.79 Å². The van der Waals surface area contributed by atoms with Gasteiger partial charge in [-0.15, -0.1) is 6.58 Å². The lowest BCUT2D eigenvalue weighted by Gasteiger charge is -2.31. The second-order valence-corrected chi connectivity index (χ2v) is 4.52. The molecule has 0 aromatic carbocycles. The van der Waals surface area contributed by atoms with Crippen LogP contribution in [0.15, 0.2) is 12.7 Å².